The topological polar surface area (TPSA) is 84.0 Å². The molecule has 8 nitrogen and oxygen atoms in total. The Labute approximate surface area is 159 Å². The lowest BCUT2D eigenvalue weighted by Gasteiger charge is -2.28. The number of amides is 3. The molecule has 0 aliphatic carbocycles. The molecule has 148 valence electrons. The molecule has 1 N–H and O–H groups in total. The van der Waals surface area contributed by atoms with Crippen LogP contribution in [0.25, 0.3) is 0 Å². The van der Waals surface area contributed by atoms with Gasteiger partial charge in [0.1, 0.15) is 22.9 Å². The highest BCUT2D eigenvalue weighted by atomic mass is 19.1. The molecule has 1 fully saturated rings. The average Bonchev–Trinajstić information content (AvgIpc) is 3.19. The number of methoxy groups -OCH3 is 2. The van der Waals surface area contributed by atoms with Gasteiger partial charge in [0.15, 0.2) is 0 Å². The van der Waals surface area contributed by atoms with E-state index in [-0.39, 0.29) is 30.4 Å². The van der Waals surface area contributed by atoms with Gasteiger partial charge in [-0.2, -0.15) is 4.98 Å². The van der Waals surface area contributed by atoms with Crippen molar-refractivity contribution >= 4 is 17.6 Å². The van der Waals surface area contributed by atoms with Crippen LogP contribution in [-0.4, -0.2) is 54.2 Å². The molecule has 0 atom stereocenters. The molecule has 0 saturated carbocycles. The van der Waals surface area contributed by atoms with Gasteiger partial charge in [0.2, 0.25) is 11.8 Å². The van der Waals surface area contributed by atoms with Crippen molar-refractivity contribution in [1.29, 1.82) is 0 Å². The Bertz CT molecular complexity index is 889. The normalized spacial score (nSPS) is 13.4. The van der Waals surface area contributed by atoms with Crippen molar-refractivity contribution in [2.75, 3.05) is 32.6 Å². The Hall–Kier alpha value is -3.43. The Morgan fingerprint density at radius 1 is 1.04 bits per heavy atom. The van der Waals surface area contributed by atoms with E-state index in [1.54, 1.807) is 0 Å². The highest BCUT2D eigenvalue weighted by Gasteiger charge is 2.33. The fourth-order valence-electron chi connectivity index (χ4n) is 2.82. The van der Waals surface area contributed by atoms with Crippen molar-refractivity contribution in [3.8, 4) is 11.8 Å². The second kappa shape index (κ2) is 8.07. The molecule has 1 saturated heterocycles. The number of urea groups is 1. The molecule has 2 heterocycles. The number of ether oxygens (including phenoxy) is 2. The van der Waals surface area contributed by atoms with Crippen molar-refractivity contribution in [1.82, 2.24) is 15.0 Å². The molecule has 1 aliphatic rings. The summed E-state index contributed by atoms with van der Waals surface area (Å²) in [6.45, 7) is 0.459. The number of hydrazine groups is 1. The molecule has 3 rings (SSSR count). The lowest BCUT2D eigenvalue weighted by atomic mass is 10.2. The first-order valence-electron chi connectivity index (χ1n) is 8.39. The second-order valence-electron chi connectivity index (χ2n) is 5.84. The van der Waals surface area contributed by atoms with Gasteiger partial charge in [-0.25, -0.2) is 23.6 Å². The lowest BCUT2D eigenvalue weighted by Crippen LogP contribution is -2.47. The summed E-state index contributed by atoms with van der Waals surface area (Å²) in [6, 6.07) is 5.38. The van der Waals surface area contributed by atoms with Crippen LogP contribution in [0.3, 0.4) is 0 Å². The molecule has 1 aromatic heterocycles. The molecule has 1 aliphatic heterocycles. The number of para-hydroxylation sites is 1. The smallest absolute Gasteiger partial charge is 0.340 e. The van der Waals surface area contributed by atoms with E-state index >= 15 is 0 Å². The van der Waals surface area contributed by atoms with Crippen molar-refractivity contribution < 1.29 is 27.8 Å². The molecule has 28 heavy (non-hydrogen) atoms. The Kier molecular flexibility index (Phi) is 5.57. The van der Waals surface area contributed by atoms with Crippen LogP contribution in [0.5, 0.6) is 11.8 Å². The van der Waals surface area contributed by atoms with Gasteiger partial charge < -0.3 is 14.8 Å². The maximum atomic E-state index is 13.8. The van der Waals surface area contributed by atoms with Crippen LogP contribution < -0.4 is 14.8 Å². The zero-order chi connectivity index (χ0) is 20.3. The third-order valence-corrected chi connectivity index (χ3v) is 4.16. The summed E-state index contributed by atoms with van der Waals surface area (Å²) in [5.74, 6) is -2.05. The van der Waals surface area contributed by atoms with Gasteiger partial charge in [-0.05, 0) is 24.6 Å². The number of halogens is 2. The van der Waals surface area contributed by atoms with Gasteiger partial charge in [0.05, 0.1) is 14.2 Å². The first-order chi connectivity index (χ1) is 13.5. The van der Waals surface area contributed by atoms with E-state index in [4.69, 9.17) is 9.47 Å². The number of hydrogen-bond donors (Lipinski definition) is 1. The predicted molar refractivity (Wildman–Crippen MR) is 95.1 cm³/mol. The fourth-order valence-corrected chi connectivity index (χ4v) is 2.82. The minimum absolute atomic E-state index is 0.0387. The van der Waals surface area contributed by atoms with E-state index in [2.05, 4.69) is 10.3 Å². The van der Waals surface area contributed by atoms with Crippen LogP contribution >= 0.6 is 0 Å². The Morgan fingerprint density at radius 3 is 2.36 bits per heavy atom. The third-order valence-electron chi connectivity index (χ3n) is 4.16. The summed E-state index contributed by atoms with van der Waals surface area (Å²) >= 11 is 0. The van der Waals surface area contributed by atoms with Gasteiger partial charge >= 0.3 is 6.03 Å². The zero-order valence-corrected chi connectivity index (χ0v) is 15.2. The number of rotatable bonds is 4. The molecule has 2 aromatic rings. The number of aromatic nitrogens is 1. The number of pyridine rings is 1. The summed E-state index contributed by atoms with van der Waals surface area (Å²) in [7, 11) is 2.78. The quantitative estimate of drug-likeness (QED) is 0.865. The van der Waals surface area contributed by atoms with Crippen molar-refractivity contribution in [3.05, 3.63) is 47.5 Å². The van der Waals surface area contributed by atoms with Crippen LogP contribution in [0.4, 0.5) is 19.3 Å². The monoisotopic (exact) mass is 392 g/mol. The zero-order valence-electron chi connectivity index (χ0n) is 15.2. The first-order valence-corrected chi connectivity index (χ1v) is 8.39. The largest absolute Gasteiger partial charge is 0.481 e. The molecule has 0 spiro atoms. The van der Waals surface area contributed by atoms with Crippen LogP contribution in [-0.2, 0) is 0 Å². The molecule has 1 aromatic carbocycles. The molecular weight excluding hydrogens is 374 g/mol. The van der Waals surface area contributed by atoms with E-state index < -0.39 is 29.3 Å². The Balaban J connectivity index is 1.83. The fraction of sp³-hybridized carbons (Fsp3) is 0.278. The van der Waals surface area contributed by atoms with Crippen molar-refractivity contribution in [2.24, 2.45) is 0 Å². The van der Waals surface area contributed by atoms with Gasteiger partial charge in [0, 0.05) is 19.2 Å². The van der Waals surface area contributed by atoms with E-state index in [0.29, 0.717) is 6.42 Å². The number of carbonyl (C=O) groups is 2. The van der Waals surface area contributed by atoms with Crippen molar-refractivity contribution in [3.63, 3.8) is 0 Å². The van der Waals surface area contributed by atoms with E-state index in [1.165, 1.54) is 37.4 Å². The maximum Gasteiger partial charge on any atom is 0.340 e. The number of nitrogens with one attached hydrogen (secondary N) is 1. The van der Waals surface area contributed by atoms with Crippen LogP contribution in [0.15, 0.2) is 30.3 Å². The minimum atomic E-state index is -0.911. The summed E-state index contributed by atoms with van der Waals surface area (Å²) in [5, 5.41) is 4.46. The van der Waals surface area contributed by atoms with Gasteiger partial charge in [-0.1, -0.05) is 6.07 Å². The van der Waals surface area contributed by atoms with Crippen LogP contribution in [0.2, 0.25) is 0 Å². The Morgan fingerprint density at radius 2 is 1.71 bits per heavy atom. The molecule has 0 radical (unpaired) electrons. The predicted octanol–water partition coefficient (Wildman–Crippen LogP) is 2.67. The van der Waals surface area contributed by atoms with Crippen molar-refractivity contribution in [2.45, 2.75) is 6.42 Å². The summed E-state index contributed by atoms with van der Waals surface area (Å²) in [4.78, 5) is 29.5. The number of anilines is 1. The second-order valence-corrected chi connectivity index (χ2v) is 5.84. The third kappa shape index (κ3) is 3.66. The summed E-state index contributed by atoms with van der Waals surface area (Å²) in [5.41, 5.74) is -0.449. The molecule has 10 heteroatoms. The highest BCUT2D eigenvalue weighted by Crippen LogP contribution is 2.25. The van der Waals surface area contributed by atoms with Crippen LogP contribution in [0.1, 0.15) is 16.8 Å². The number of hydrogen-bond acceptors (Lipinski definition) is 5. The van der Waals surface area contributed by atoms with Gasteiger partial charge in [0.25, 0.3) is 5.91 Å². The van der Waals surface area contributed by atoms with Gasteiger partial charge in [-0.15, -0.1) is 0 Å². The summed E-state index contributed by atoms with van der Waals surface area (Å²) in [6.07, 6.45) is 0.505. The maximum absolute atomic E-state index is 13.8. The van der Waals surface area contributed by atoms with E-state index in [1.807, 2.05) is 0 Å². The highest BCUT2D eigenvalue weighted by molar-refractivity contribution is 5.99. The van der Waals surface area contributed by atoms with Gasteiger partial charge in [-0.3, -0.25) is 4.79 Å². The van der Waals surface area contributed by atoms with Crippen LogP contribution in [0, 0.1) is 11.6 Å². The standard InChI is InChI=1S/C18H18F2N4O4/c1-27-14-8-7-11(16(21-14)28-2)17(25)23-9-4-10-24(23)18(26)22-15-12(19)5-3-6-13(15)20/h3,5-8H,4,9-10H2,1-2H3,(H,22,26). The molecule has 0 bridgehead atoms. The lowest BCUT2D eigenvalue weighted by molar-refractivity contribution is 0.0400. The van der Waals surface area contributed by atoms with E-state index in [9.17, 15) is 18.4 Å². The first kappa shape index (κ1) is 19.3. The molecular formula is C18H18F2N4O4. The number of nitrogens with zero attached hydrogens (tertiary/aromatic N) is 3. The van der Waals surface area contributed by atoms with E-state index in [0.717, 1.165) is 17.1 Å². The minimum Gasteiger partial charge on any atom is -0.481 e. The average molecular weight is 392 g/mol. The SMILES string of the molecule is COc1ccc(C(=O)N2CCCN2C(=O)Nc2c(F)cccc2F)c(OC)n1. The number of benzene rings is 1. The molecule has 3 amide bonds. The number of carbonyl (C=O) groups excluding carboxylic acids is 2. The summed E-state index contributed by atoms with van der Waals surface area (Å²) < 4.78 is 37.7. The molecule has 0 unspecified atom stereocenters.